The van der Waals surface area contributed by atoms with Crippen molar-refractivity contribution >= 4 is 34.8 Å². The second kappa shape index (κ2) is 5.51. The Morgan fingerprint density at radius 3 is 2.47 bits per heavy atom. The van der Waals surface area contributed by atoms with Gasteiger partial charge in [0, 0.05) is 5.69 Å². The monoisotopic (exact) mass is 295 g/mol. The van der Waals surface area contributed by atoms with E-state index in [-0.39, 0.29) is 16.7 Å². The van der Waals surface area contributed by atoms with E-state index in [1.165, 1.54) is 12.1 Å². The van der Waals surface area contributed by atoms with Crippen LogP contribution in [-0.2, 0) is 0 Å². The smallest absolute Gasteiger partial charge is 0.257 e. The lowest BCUT2D eigenvalue weighted by Gasteiger charge is -2.08. The predicted molar refractivity (Wildman–Crippen MR) is 77.3 cm³/mol. The molecular weight excluding hydrogens is 285 g/mol. The average Bonchev–Trinajstić information content (AvgIpc) is 2.33. The molecule has 0 bridgehead atoms. The minimum absolute atomic E-state index is 0.0342. The molecule has 0 aromatic heterocycles. The number of anilines is 1. The highest BCUT2D eigenvalue weighted by Gasteiger charge is 2.11. The van der Waals surface area contributed by atoms with E-state index in [9.17, 15) is 9.90 Å². The summed E-state index contributed by atoms with van der Waals surface area (Å²) in [6.45, 7) is 1.90. The predicted octanol–water partition coefficient (Wildman–Crippen LogP) is 4.26. The summed E-state index contributed by atoms with van der Waals surface area (Å²) in [5.74, 6) is -0.361. The number of halogens is 2. The van der Waals surface area contributed by atoms with Crippen LogP contribution in [-0.4, -0.2) is 11.0 Å². The first kappa shape index (κ1) is 13.7. The van der Waals surface area contributed by atoms with Gasteiger partial charge in [-0.25, -0.2) is 0 Å². The third kappa shape index (κ3) is 3.19. The molecule has 19 heavy (non-hydrogen) atoms. The van der Waals surface area contributed by atoms with Crippen molar-refractivity contribution < 1.29 is 9.90 Å². The highest BCUT2D eigenvalue weighted by Crippen LogP contribution is 2.27. The van der Waals surface area contributed by atoms with Gasteiger partial charge >= 0.3 is 0 Å². The van der Waals surface area contributed by atoms with Gasteiger partial charge in [-0.1, -0.05) is 29.3 Å². The van der Waals surface area contributed by atoms with Gasteiger partial charge in [0.05, 0.1) is 15.6 Å². The topological polar surface area (TPSA) is 49.3 Å². The summed E-state index contributed by atoms with van der Waals surface area (Å²) in [6.07, 6.45) is 0. The number of phenols is 1. The lowest BCUT2D eigenvalue weighted by molar-refractivity contribution is 0.102. The van der Waals surface area contributed by atoms with Crippen LogP contribution < -0.4 is 5.32 Å². The Kier molecular flexibility index (Phi) is 3.98. The molecule has 0 radical (unpaired) electrons. The van der Waals surface area contributed by atoms with Gasteiger partial charge in [0.25, 0.3) is 5.91 Å². The summed E-state index contributed by atoms with van der Waals surface area (Å²) in [4.78, 5) is 12.0. The van der Waals surface area contributed by atoms with Crippen molar-refractivity contribution in [2.45, 2.75) is 6.92 Å². The van der Waals surface area contributed by atoms with E-state index in [0.717, 1.165) is 5.56 Å². The van der Waals surface area contributed by atoms with Crippen molar-refractivity contribution in [2.24, 2.45) is 0 Å². The fraction of sp³-hybridized carbons (Fsp3) is 0.0714. The van der Waals surface area contributed by atoms with E-state index in [1.54, 1.807) is 18.2 Å². The number of phenolic OH excluding ortho intramolecular Hbond substituents is 1. The van der Waals surface area contributed by atoms with E-state index in [1.807, 2.05) is 13.0 Å². The Balaban J connectivity index is 2.23. The molecule has 0 unspecified atom stereocenters. The van der Waals surface area contributed by atoms with E-state index in [0.29, 0.717) is 16.3 Å². The maximum atomic E-state index is 12.0. The molecule has 2 N–H and O–H groups in total. The molecule has 0 aliphatic carbocycles. The molecule has 0 saturated carbocycles. The van der Waals surface area contributed by atoms with Crippen LogP contribution in [0, 0.1) is 6.92 Å². The van der Waals surface area contributed by atoms with Crippen molar-refractivity contribution in [1.82, 2.24) is 0 Å². The molecular formula is C14H11Cl2NO2. The lowest BCUT2D eigenvalue weighted by Crippen LogP contribution is -2.12. The van der Waals surface area contributed by atoms with Crippen LogP contribution in [0.5, 0.6) is 5.75 Å². The number of aromatic hydroxyl groups is 1. The van der Waals surface area contributed by atoms with Gasteiger partial charge in [-0.15, -0.1) is 0 Å². The summed E-state index contributed by atoms with van der Waals surface area (Å²) in [7, 11) is 0. The van der Waals surface area contributed by atoms with Crippen LogP contribution in [0.1, 0.15) is 15.9 Å². The van der Waals surface area contributed by atoms with Crippen molar-refractivity contribution in [3.63, 3.8) is 0 Å². The van der Waals surface area contributed by atoms with Crippen molar-refractivity contribution in [3.05, 3.63) is 57.6 Å². The maximum absolute atomic E-state index is 12.0. The van der Waals surface area contributed by atoms with Crippen LogP contribution >= 0.6 is 23.2 Å². The number of rotatable bonds is 2. The molecule has 3 nitrogen and oxygen atoms in total. The van der Waals surface area contributed by atoms with Crippen LogP contribution in [0.2, 0.25) is 10.0 Å². The zero-order chi connectivity index (χ0) is 14.0. The SMILES string of the molecule is Cc1ccc(C(=O)Nc2ccc(O)c(Cl)c2)c(Cl)c1. The van der Waals surface area contributed by atoms with Crippen molar-refractivity contribution in [3.8, 4) is 5.75 Å². The number of benzene rings is 2. The molecule has 0 saturated heterocycles. The zero-order valence-electron chi connectivity index (χ0n) is 10.1. The molecule has 0 aliphatic heterocycles. The van der Waals surface area contributed by atoms with Crippen LogP contribution in [0.3, 0.4) is 0 Å². The molecule has 98 valence electrons. The van der Waals surface area contributed by atoms with E-state index >= 15 is 0 Å². The number of hydrogen-bond donors (Lipinski definition) is 2. The van der Waals surface area contributed by atoms with E-state index in [2.05, 4.69) is 5.32 Å². The average molecular weight is 296 g/mol. The summed E-state index contributed by atoms with van der Waals surface area (Å²) in [5, 5.41) is 12.5. The summed E-state index contributed by atoms with van der Waals surface area (Å²) < 4.78 is 0. The van der Waals surface area contributed by atoms with Crippen molar-refractivity contribution in [1.29, 1.82) is 0 Å². The highest BCUT2D eigenvalue weighted by atomic mass is 35.5. The molecule has 0 heterocycles. The van der Waals surface area contributed by atoms with E-state index in [4.69, 9.17) is 23.2 Å². The number of aryl methyl sites for hydroxylation is 1. The van der Waals surface area contributed by atoms with Gasteiger partial charge in [-0.3, -0.25) is 4.79 Å². The second-order valence-corrected chi connectivity index (χ2v) is 4.92. The third-order valence-electron chi connectivity index (χ3n) is 2.57. The number of hydrogen-bond acceptors (Lipinski definition) is 2. The molecule has 0 spiro atoms. The fourth-order valence-electron chi connectivity index (χ4n) is 1.59. The Bertz CT molecular complexity index is 641. The highest BCUT2D eigenvalue weighted by molar-refractivity contribution is 6.34. The Labute approximate surface area is 120 Å². The zero-order valence-corrected chi connectivity index (χ0v) is 11.6. The standard InChI is InChI=1S/C14H11Cl2NO2/c1-8-2-4-10(11(15)6-8)14(19)17-9-3-5-13(18)12(16)7-9/h2-7,18H,1H3,(H,17,19). The summed E-state index contributed by atoms with van der Waals surface area (Å²) in [5.41, 5.74) is 1.86. The summed E-state index contributed by atoms with van der Waals surface area (Å²) >= 11 is 11.8. The second-order valence-electron chi connectivity index (χ2n) is 4.10. The third-order valence-corrected chi connectivity index (χ3v) is 3.19. The molecule has 0 aliphatic rings. The number of carbonyl (C=O) groups is 1. The molecule has 1 amide bonds. The quantitative estimate of drug-likeness (QED) is 0.813. The van der Waals surface area contributed by atoms with Gasteiger partial charge in [0.15, 0.2) is 0 Å². The molecule has 0 fully saturated rings. The Morgan fingerprint density at radius 2 is 1.84 bits per heavy atom. The van der Waals surface area contributed by atoms with Gasteiger partial charge in [-0.2, -0.15) is 0 Å². The summed E-state index contributed by atoms with van der Waals surface area (Å²) in [6, 6.07) is 9.63. The lowest BCUT2D eigenvalue weighted by atomic mass is 10.1. The minimum atomic E-state index is -0.327. The Hall–Kier alpha value is -1.71. The van der Waals surface area contributed by atoms with E-state index < -0.39 is 0 Å². The van der Waals surface area contributed by atoms with Crippen LogP contribution in [0.15, 0.2) is 36.4 Å². The number of amides is 1. The van der Waals surface area contributed by atoms with Crippen LogP contribution in [0.25, 0.3) is 0 Å². The van der Waals surface area contributed by atoms with Gasteiger partial charge in [0.2, 0.25) is 0 Å². The van der Waals surface area contributed by atoms with Gasteiger partial charge < -0.3 is 10.4 Å². The van der Waals surface area contributed by atoms with Gasteiger partial charge in [0.1, 0.15) is 5.75 Å². The molecule has 5 heteroatoms. The number of nitrogens with one attached hydrogen (secondary N) is 1. The largest absolute Gasteiger partial charge is 0.506 e. The van der Waals surface area contributed by atoms with Crippen molar-refractivity contribution in [2.75, 3.05) is 5.32 Å². The molecule has 2 aromatic rings. The van der Waals surface area contributed by atoms with Gasteiger partial charge in [-0.05, 0) is 42.8 Å². The maximum Gasteiger partial charge on any atom is 0.257 e. The number of carbonyl (C=O) groups excluding carboxylic acids is 1. The molecule has 2 rings (SSSR count). The Morgan fingerprint density at radius 1 is 1.11 bits per heavy atom. The normalized spacial score (nSPS) is 10.3. The molecule has 0 atom stereocenters. The first-order valence-corrected chi connectivity index (χ1v) is 6.29. The van der Waals surface area contributed by atoms with Crippen LogP contribution in [0.4, 0.5) is 5.69 Å². The minimum Gasteiger partial charge on any atom is -0.506 e. The first-order chi connectivity index (χ1) is 8.97. The molecule has 2 aromatic carbocycles. The fourth-order valence-corrected chi connectivity index (χ4v) is 2.09. The first-order valence-electron chi connectivity index (χ1n) is 5.53.